The minimum absolute atomic E-state index is 0.0742. The van der Waals surface area contributed by atoms with Crippen molar-refractivity contribution in [3.63, 3.8) is 0 Å². The van der Waals surface area contributed by atoms with Crippen molar-refractivity contribution < 1.29 is 13.2 Å². The van der Waals surface area contributed by atoms with E-state index in [0.717, 1.165) is 10.4 Å². The molecule has 5 nitrogen and oxygen atoms in total. The van der Waals surface area contributed by atoms with Gasteiger partial charge in [0.15, 0.2) is 0 Å². The molecule has 1 fully saturated rings. The molecule has 0 radical (unpaired) electrons. The molecule has 0 amide bonds. The number of rotatable bonds is 4. The molecule has 0 spiro atoms. The summed E-state index contributed by atoms with van der Waals surface area (Å²) in [7, 11) is -3.46. The summed E-state index contributed by atoms with van der Waals surface area (Å²) in [6, 6.07) is 1.54. The van der Waals surface area contributed by atoms with Gasteiger partial charge in [0.2, 0.25) is 10.0 Å². The summed E-state index contributed by atoms with van der Waals surface area (Å²) in [5.74, 6) is 0. The third kappa shape index (κ3) is 2.75. The number of nitrogens with one attached hydrogen (secondary N) is 1. The smallest absolute Gasteiger partial charge is 0.250 e. The molecule has 3 N–H and O–H groups in total. The molecule has 1 aliphatic heterocycles. The lowest BCUT2D eigenvalue weighted by atomic mass is 10.2. The fourth-order valence-electron chi connectivity index (χ4n) is 1.97. The van der Waals surface area contributed by atoms with Crippen LogP contribution in [0.2, 0.25) is 0 Å². The first-order valence-corrected chi connectivity index (χ1v) is 8.17. The van der Waals surface area contributed by atoms with E-state index in [2.05, 4.69) is 4.72 Å². The van der Waals surface area contributed by atoms with Crippen LogP contribution in [0.1, 0.15) is 23.8 Å². The second-order valence-electron chi connectivity index (χ2n) is 4.47. The first-order chi connectivity index (χ1) is 8.44. The number of thiophene rings is 1. The Morgan fingerprint density at radius 2 is 2.33 bits per heavy atom. The summed E-state index contributed by atoms with van der Waals surface area (Å²) in [5, 5.41) is 0. The van der Waals surface area contributed by atoms with Gasteiger partial charge in [0, 0.05) is 18.0 Å². The molecule has 0 saturated carbocycles. The zero-order valence-corrected chi connectivity index (χ0v) is 12.1. The molecular formula is C11H18N2O3S2. The number of aryl methyl sites for hydroxylation is 1. The van der Waals surface area contributed by atoms with E-state index in [1.807, 2.05) is 13.8 Å². The first kappa shape index (κ1) is 14.0. The number of sulfonamides is 1. The van der Waals surface area contributed by atoms with Gasteiger partial charge in [-0.25, -0.2) is 13.1 Å². The van der Waals surface area contributed by atoms with Crippen LogP contribution in [0.4, 0.5) is 0 Å². The topological polar surface area (TPSA) is 81.4 Å². The van der Waals surface area contributed by atoms with Crippen molar-refractivity contribution >= 4 is 21.4 Å². The summed E-state index contributed by atoms with van der Waals surface area (Å²) in [5.41, 5.74) is 6.50. The monoisotopic (exact) mass is 290 g/mol. The van der Waals surface area contributed by atoms with Crippen LogP contribution in [0.5, 0.6) is 0 Å². The Hall–Kier alpha value is -0.470. The first-order valence-electron chi connectivity index (χ1n) is 5.87. The second kappa shape index (κ2) is 5.26. The molecule has 102 valence electrons. The predicted molar refractivity (Wildman–Crippen MR) is 71.1 cm³/mol. The van der Waals surface area contributed by atoms with E-state index in [0.29, 0.717) is 23.8 Å². The highest BCUT2D eigenvalue weighted by atomic mass is 32.2. The largest absolute Gasteiger partial charge is 0.377 e. The lowest BCUT2D eigenvalue weighted by Crippen LogP contribution is -2.38. The molecule has 0 bridgehead atoms. The van der Waals surface area contributed by atoms with Gasteiger partial charge in [0.1, 0.15) is 4.21 Å². The molecule has 1 aromatic heterocycles. The molecule has 1 aromatic rings. The standard InChI is InChI=1S/C11H18N2O3S2/c1-7-5-11(17-10(7)6-12)18(14,15)13-9-3-4-16-8(9)2/h5,8-9,13H,3-4,6,12H2,1-2H3. The van der Waals surface area contributed by atoms with E-state index < -0.39 is 10.0 Å². The van der Waals surface area contributed by atoms with Crippen LogP contribution in [0.25, 0.3) is 0 Å². The SMILES string of the molecule is Cc1cc(S(=O)(=O)NC2CCOC2C)sc1CN. The average Bonchev–Trinajstić information content (AvgIpc) is 2.86. The van der Waals surface area contributed by atoms with E-state index in [1.165, 1.54) is 11.3 Å². The average molecular weight is 290 g/mol. The fourth-order valence-corrected chi connectivity index (χ4v) is 4.79. The minimum atomic E-state index is -3.46. The van der Waals surface area contributed by atoms with E-state index >= 15 is 0 Å². The highest BCUT2D eigenvalue weighted by Crippen LogP contribution is 2.26. The van der Waals surface area contributed by atoms with Gasteiger partial charge in [-0.3, -0.25) is 0 Å². The van der Waals surface area contributed by atoms with Crippen LogP contribution < -0.4 is 10.5 Å². The van der Waals surface area contributed by atoms with Gasteiger partial charge in [0.05, 0.1) is 12.1 Å². The molecule has 18 heavy (non-hydrogen) atoms. The molecule has 2 unspecified atom stereocenters. The van der Waals surface area contributed by atoms with E-state index in [9.17, 15) is 8.42 Å². The van der Waals surface area contributed by atoms with Gasteiger partial charge < -0.3 is 10.5 Å². The molecular weight excluding hydrogens is 272 g/mol. The maximum Gasteiger partial charge on any atom is 0.250 e. The van der Waals surface area contributed by atoms with Crippen molar-refractivity contribution in [3.8, 4) is 0 Å². The molecule has 1 aliphatic rings. The Morgan fingerprint density at radius 1 is 1.61 bits per heavy atom. The van der Waals surface area contributed by atoms with Crippen LogP contribution in [-0.4, -0.2) is 27.2 Å². The van der Waals surface area contributed by atoms with Crippen LogP contribution in [0, 0.1) is 6.92 Å². The number of hydrogen-bond donors (Lipinski definition) is 2. The highest BCUT2D eigenvalue weighted by molar-refractivity contribution is 7.91. The van der Waals surface area contributed by atoms with Crippen molar-refractivity contribution in [2.75, 3.05) is 6.61 Å². The number of hydrogen-bond acceptors (Lipinski definition) is 5. The molecule has 7 heteroatoms. The van der Waals surface area contributed by atoms with Gasteiger partial charge in [0.25, 0.3) is 0 Å². The van der Waals surface area contributed by atoms with Crippen LogP contribution in [-0.2, 0) is 21.3 Å². The zero-order valence-electron chi connectivity index (χ0n) is 10.5. The maximum atomic E-state index is 12.2. The third-order valence-electron chi connectivity index (χ3n) is 3.13. The van der Waals surface area contributed by atoms with Gasteiger partial charge >= 0.3 is 0 Å². The second-order valence-corrected chi connectivity index (χ2v) is 7.55. The van der Waals surface area contributed by atoms with Crippen LogP contribution >= 0.6 is 11.3 Å². The zero-order chi connectivity index (χ0) is 13.3. The van der Waals surface area contributed by atoms with Crippen molar-refractivity contribution in [1.82, 2.24) is 4.72 Å². The fraction of sp³-hybridized carbons (Fsp3) is 0.636. The van der Waals surface area contributed by atoms with Crippen molar-refractivity contribution in [3.05, 3.63) is 16.5 Å². The van der Waals surface area contributed by atoms with Crippen molar-refractivity contribution in [2.45, 2.75) is 43.2 Å². The molecule has 1 saturated heterocycles. The van der Waals surface area contributed by atoms with Crippen LogP contribution in [0.3, 0.4) is 0 Å². The molecule has 2 atom stereocenters. The van der Waals surface area contributed by atoms with Gasteiger partial charge in [-0.1, -0.05) is 0 Å². The van der Waals surface area contributed by atoms with E-state index in [-0.39, 0.29) is 12.1 Å². The Morgan fingerprint density at radius 3 is 2.83 bits per heavy atom. The number of ether oxygens (including phenoxy) is 1. The maximum absolute atomic E-state index is 12.2. The summed E-state index contributed by atoms with van der Waals surface area (Å²) < 4.78 is 32.8. The molecule has 2 rings (SSSR count). The lowest BCUT2D eigenvalue weighted by molar-refractivity contribution is 0.117. The van der Waals surface area contributed by atoms with E-state index in [1.54, 1.807) is 6.07 Å². The minimum Gasteiger partial charge on any atom is -0.377 e. The summed E-state index contributed by atoms with van der Waals surface area (Å²) in [6.45, 7) is 4.73. The Bertz CT molecular complexity index is 524. The lowest BCUT2D eigenvalue weighted by Gasteiger charge is -2.15. The van der Waals surface area contributed by atoms with Crippen molar-refractivity contribution in [1.29, 1.82) is 0 Å². The Kier molecular flexibility index (Phi) is 4.08. The van der Waals surface area contributed by atoms with Gasteiger partial charge in [-0.05, 0) is 31.9 Å². The van der Waals surface area contributed by atoms with Gasteiger partial charge in [-0.15, -0.1) is 11.3 Å². The Labute approximate surface area is 111 Å². The summed E-state index contributed by atoms with van der Waals surface area (Å²) >= 11 is 1.23. The highest BCUT2D eigenvalue weighted by Gasteiger charge is 2.30. The third-order valence-corrected chi connectivity index (χ3v) is 6.35. The molecule has 2 heterocycles. The molecule has 0 aromatic carbocycles. The summed E-state index contributed by atoms with van der Waals surface area (Å²) in [4.78, 5) is 0.908. The van der Waals surface area contributed by atoms with Crippen LogP contribution in [0.15, 0.2) is 10.3 Å². The Balaban J connectivity index is 2.19. The van der Waals surface area contributed by atoms with Crippen molar-refractivity contribution in [2.24, 2.45) is 5.73 Å². The number of nitrogens with two attached hydrogens (primary N) is 1. The predicted octanol–water partition coefficient (Wildman–Crippen LogP) is 0.971. The van der Waals surface area contributed by atoms with E-state index in [4.69, 9.17) is 10.5 Å². The quantitative estimate of drug-likeness (QED) is 0.866. The molecule has 0 aliphatic carbocycles. The summed E-state index contributed by atoms with van der Waals surface area (Å²) in [6.07, 6.45) is 0.643. The normalized spacial score (nSPS) is 24.6. The van der Waals surface area contributed by atoms with Gasteiger partial charge in [-0.2, -0.15) is 0 Å².